The number of aromatic nitrogens is 2. The lowest BCUT2D eigenvalue weighted by Gasteiger charge is -2.36. The van der Waals surface area contributed by atoms with Crippen molar-refractivity contribution < 1.29 is 24.2 Å². The number of hydrogen-bond acceptors (Lipinski definition) is 7. The maximum Gasteiger partial charge on any atom is 0.411 e. The highest BCUT2D eigenvalue weighted by Crippen LogP contribution is 2.41. The van der Waals surface area contributed by atoms with Crippen molar-refractivity contribution in [3.8, 4) is 17.1 Å². The molecule has 0 fully saturated rings. The van der Waals surface area contributed by atoms with Crippen LogP contribution in [0.4, 0.5) is 4.79 Å². The average molecular weight is 463 g/mol. The monoisotopic (exact) mass is 463 g/mol. The standard InChI is InChI=1S/C25H25N3O6/c1-4-25(34-24(32)27(5-2)6-3)18-11-20-21-15(9-14-10-16(29)7-8-19(14)26-21)12-28(20)22(30)17(18)13-33-23(25)31/h7-11,29H,4-6,12-13H2,1-3H3. The van der Waals surface area contributed by atoms with Gasteiger partial charge in [-0.15, -0.1) is 0 Å². The van der Waals surface area contributed by atoms with Crippen LogP contribution in [0.5, 0.6) is 5.75 Å². The Morgan fingerprint density at radius 1 is 1.21 bits per heavy atom. The molecular weight excluding hydrogens is 438 g/mol. The van der Waals surface area contributed by atoms with E-state index in [4.69, 9.17) is 14.5 Å². The van der Waals surface area contributed by atoms with Gasteiger partial charge in [0.05, 0.1) is 29.0 Å². The average Bonchev–Trinajstić information content (AvgIpc) is 3.18. The Bertz CT molecular complexity index is 1410. The number of rotatable bonds is 4. The minimum absolute atomic E-state index is 0.117. The minimum atomic E-state index is -1.71. The van der Waals surface area contributed by atoms with Gasteiger partial charge in [-0.3, -0.25) is 4.79 Å². The number of cyclic esters (lactones) is 1. The Balaban J connectivity index is 1.70. The number of phenolic OH excluding ortho intramolecular Hbond substituents is 1. The van der Waals surface area contributed by atoms with Crippen molar-refractivity contribution in [1.82, 2.24) is 14.5 Å². The molecular formula is C25H25N3O6. The van der Waals surface area contributed by atoms with Gasteiger partial charge in [0, 0.05) is 29.6 Å². The molecule has 0 saturated heterocycles. The predicted molar refractivity (Wildman–Crippen MR) is 123 cm³/mol. The summed E-state index contributed by atoms with van der Waals surface area (Å²) in [5.41, 5.74) is 1.30. The second kappa shape index (κ2) is 7.86. The molecule has 9 nitrogen and oxygen atoms in total. The van der Waals surface area contributed by atoms with Crippen molar-refractivity contribution >= 4 is 23.0 Å². The molecule has 2 aromatic heterocycles. The summed E-state index contributed by atoms with van der Waals surface area (Å²) < 4.78 is 12.8. The quantitative estimate of drug-likeness (QED) is 0.463. The van der Waals surface area contributed by atoms with Gasteiger partial charge in [-0.1, -0.05) is 6.92 Å². The van der Waals surface area contributed by atoms with E-state index in [0.717, 1.165) is 10.9 Å². The van der Waals surface area contributed by atoms with E-state index in [-0.39, 0.29) is 24.3 Å². The molecule has 9 heteroatoms. The summed E-state index contributed by atoms with van der Waals surface area (Å²) in [6, 6.07) is 8.53. The number of fused-ring (bicyclic) bond motifs is 5. The van der Waals surface area contributed by atoms with Gasteiger partial charge in [-0.25, -0.2) is 14.6 Å². The molecule has 2 aliphatic rings. The number of carbonyl (C=O) groups is 2. The minimum Gasteiger partial charge on any atom is -0.508 e. The van der Waals surface area contributed by atoms with Crippen LogP contribution in [0.15, 0.2) is 35.1 Å². The number of ether oxygens (including phenoxy) is 2. The maximum absolute atomic E-state index is 13.5. The van der Waals surface area contributed by atoms with Crippen LogP contribution in [0.25, 0.3) is 22.3 Å². The van der Waals surface area contributed by atoms with Crippen LogP contribution in [-0.4, -0.2) is 44.7 Å². The van der Waals surface area contributed by atoms with Gasteiger partial charge in [0.15, 0.2) is 0 Å². The number of esters is 1. The molecule has 1 aromatic carbocycles. The number of carbonyl (C=O) groups excluding carboxylic acids is 2. The molecule has 0 bridgehead atoms. The van der Waals surface area contributed by atoms with E-state index in [1.54, 1.807) is 35.8 Å². The summed E-state index contributed by atoms with van der Waals surface area (Å²) in [5.74, 6) is -0.552. The van der Waals surface area contributed by atoms with Gasteiger partial charge in [-0.2, -0.15) is 0 Å². The second-order valence-corrected chi connectivity index (χ2v) is 8.48. The van der Waals surface area contributed by atoms with E-state index < -0.39 is 17.7 Å². The Kier molecular flexibility index (Phi) is 5.07. The zero-order valence-corrected chi connectivity index (χ0v) is 19.3. The molecule has 34 heavy (non-hydrogen) atoms. The zero-order chi connectivity index (χ0) is 24.2. The van der Waals surface area contributed by atoms with E-state index >= 15 is 0 Å². The molecule has 1 N–H and O–H groups in total. The third-order valence-electron chi connectivity index (χ3n) is 6.74. The summed E-state index contributed by atoms with van der Waals surface area (Å²) >= 11 is 0. The predicted octanol–water partition coefficient (Wildman–Crippen LogP) is 3.27. The lowest BCUT2D eigenvalue weighted by molar-refractivity contribution is -0.173. The largest absolute Gasteiger partial charge is 0.508 e. The fourth-order valence-corrected chi connectivity index (χ4v) is 4.83. The number of benzene rings is 1. The first kappa shape index (κ1) is 21.9. The second-order valence-electron chi connectivity index (χ2n) is 8.48. The Labute approximate surface area is 195 Å². The zero-order valence-electron chi connectivity index (χ0n) is 19.3. The first-order valence-electron chi connectivity index (χ1n) is 11.4. The Morgan fingerprint density at radius 3 is 2.68 bits per heavy atom. The van der Waals surface area contributed by atoms with E-state index in [1.807, 2.05) is 19.9 Å². The van der Waals surface area contributed by atoms with Crippen LogP contribution in [0.1, 0.15) is 43.9 Å². The Morgan fingerprint density at radius 2 is 1.97 bits per heavy atom. The first-order chi connectivity index (χ1) is 16.3. The summed E-state index contributed by atoms with van der Waals surface area (Å²) in [7, 11) is 0. The molecule has 3 aromatic rings. The van der Waals surface area contributed by atoms with Crippen molar-refractivity contribution in [2.75, 3.05) is 13.1 Å². The van der Waals surface area contributed by atoms with Gasteiger partial charge in [0.25, 0.3) is 5.56 Å². The van der Waals surface area contributed by atoms with Gasteiger partial charge in [0.1, 0.15) is 12.4 Å². The summed E-state index contributed by atoms with van der Waals surface area (Å²) in [5, 5.41) is 10.6. The van der Waals surface area contributed by atoms with Crippen LogP contribution >= 0.6 is 0 Å². The fourth-order valence-electron chi connectivity index (χ4n) is 4.83. The SMILES string of the molecule is CCN(CC)C(=O)OC1(CC)C(=O)OCc2c1cc1n(c2=O)Cc2cc3cc(O)ccc3nc2-1. The van der Waals surface area contributed by atoms with Gasteiger partial charge in [0.2, 0.25) is 5.60 Å². The summed E-state index contributed by atoms with van der Waals surface area (Å²) in [6.07, 6.45) is -0.520. The van der Waals surface area contributed by atoms with Crippen LogP contribution in [-0.2, 0) is 33.0 Å². The number of amides is 1. The van der Waals surface area contributed by atoms with Crippen molar-refractivity contribution in [2.24, 2.45) is 0 Å². The van der Waals surface area contributed by atoms with E-state index in [1.165, 1.54) is 4.90 Å². The van der Waals surface area contributed by atoms with E-state index in [9.17, 15) is 19.5 Å². The highest BCUT2D eigenvalue weighted by atomic mass is 16.6. The van der Waals surface area contributed by atoms with Gasteiger partial charge >= 0.3 is 12.1 Å². The number of hydrogen-bond donors (Lipinski definition) is 1. The third-order valence-corrected chi connectivity index (χ3v) is 6.74. The van der Waals surface area contributed by atoms with E-state index in [0.29, 0.717) is 47.7 Å². The molecule has 4 heterocycles. The summed E-state index contributed by atoms with van der Waals surface area (Å²) in [4.78, 5) is 45.6. The van der Waals surface area contributed by atoms with E-state index in [2.05, 4.69) is 0 Å². The highest BCUT2D eigenvalue weighted by Gasteiger charge is 2.51. The lowest BCUT2D eigenvalue weighted by Crippen LogP contribution is -2.49. The van der Waals surface area contributed by atoms with Crippen LogP contribution in [0.2, 0.25) is 0 Å². The molecule has 1 amide bonds. The first-order valence-corrected chi connectivity index (χ1v) is 11.4. The van der Waals surface area contributed by atoms with Crippen molar-refractivity contribution in [1.29, 1.82) is 0 Å². The van der Waals surface area contributed by atoms with Gasteiger partial charge in [-0.05, 0) is 50.6 Å². The topological polar surface area (TPSA) is 111 Å². The number of nitrogens with zero attached hydrogens (tertiary/aromatic N) is 3. The maximum atomic E-state index is 13.5. The van der Waals surface area contributed by atoms with Crippen molar-refractivity contribution in [3.05, 3.63) is 57.4 Å². The molecule has 176 valence electrons. The van der Waals surface area contributed by atoms with Crippen LogP contribution < -0.4 is 5.56 Å². The van der Waals surface area contributed by atoms with Crippen LogP contribution in [0, 0.1) is 0 Å². The third kappa shape index (κ3) is 3.07. The molecule has 0 radical (unpaired) electrons. The number of pyridine rings is 2. The molecule has 0 spiro atoms. The number of aromatic hydroxyl groups is 1. The normalized spacial score (nSPS) is 18.1. The fraction of sp³-hybridized carbons (Fsp3) is 0.360. The van der Waals surface area contributed by atoms with Crippen molar-refractivity contribution in [3.63, 3.8) is 0 Å². The Hall–Kier alpha value is -3.88. The smallest absolute Gasteiger partial charge is 0.411 e. The molecule has 0 aliphatic carbocycles. The summed E-state index contributed by atoms with van der Waals surface area (Å²) in [6.45, 7) is 6.33. The molecule has 1 unspecified atom stereocenters. The van der Waals surface area contributed by atoms with Crippen molar-refractivity contribution in [2.45, 2.75) is 45.9 Å². The highest BCUT2D eigenvalue weighted by molar-refractivity contribution is 5.88. The molecule has 2 aliphatic heterocycles. The molecule has 1 atom stereocenters. The number of phenols is 1. The molecule has 0 saturated carbocycles. The molecule has 5 rings (SSSR count). The lowest BCUT2D eigenvalue weighted by atomic mass is 9.85. The van der Waals surface area contributed by atoms with Gasteiger partial charge < -0.3 is 24.0 Å². The van der Waals surface area contributed by atoms with Crippen LogP contribution in [0.3, 0.4) is 0 Å².